The van der Waals surface area contributed by atoms with E-state index in [1.165, 1.54) is 36.4 Å². The fraction of sp³-hybridized carbons (Fsp3) is 0.231. The van der Waals surface area contributed by atoms with Crippen molar-refractivity contribution in [2.45, 2.75) is 38.8 Å². The summed E-state index contributed by atoms with van der Waals surface area (Å²) in [4.78, 5) is 45.3. The summed E-state index contributed by atoms with van der Waals surface area (Å²) < 4.78 is 3.29. The molecule has 0 radical (unpaired) electrons. The van der Waals surface area contributed by atoms with Gasteiger partial charge in [-0.3, -0.25) is 9.36 Å². The first-order chi connectivity index (χ1) is 19.1. The standard InChI is InChI=1S/C26H24N6O8/c33-23(34)17-7-5-15(11-19(17)25(37)38)21-13-31(29-27-21)9-3-1-2-4-10-32-14-22(28-30-32)16-6-8-18(24(35)36)20(12-16)26(39)40/h5-8,11-14H,1-4,9-10H2,(H,33,34)(H,35,36)(H,37,38)(H,39,40). The van der Waals surface area contributed by atoms with E-state index in [9.17, 15) is 29.4 Å². The molecule has 0 aliphatic heterocycles. The average molecular weight is 549 g/mol. The Labute approximate surface area is 226 Å². The number of aromatic carboxylic acids is 4. The van der Waals surface area contributed by atoms with E-state index >= 15 is 0 Å². The summed E-state index contributed by atoms with van der Waals surface area (Å²) in [6, 6.07) is 8.00. The average Bonchev–Trinajstić information content (AvgIpc) is 3.60. The van der Waals surface area contributed by atoms with Crippen LogP contribution in [0.25, 0.3) is 22.5 Å². The molecule has 0 aliphatic carbocycles. The van der Waals surface area contributed by atoms with Gasteiger partial charge in [0.25, 0.3) is 0 Å². The maximum atomic E-state index is 11.4. The number of rotatable bonds is 13. The Bertz CT molecular complexity index is 1470. The molecule has 0 fully saturated rings. The van der Waals surface area contributed by atoms with Crippen molar-refractivity contribution in [2.75, 3.05) is 0 Å². The smallest absolute Gasteiger partial charge is 0.336 e. The highest BCUT2D eigenvalue weighted by molar-refractivity contribution is 6.03. The lowest BCUT2D eigenvalue weighted by Crippen LogP contribution is -2.08. The van der Waals surface area contributed by atoms with Gasteiger partial charge < -0.3 is 20.4 Å². The number of nitrogens with zero attached hydrogens (tertiary/aromatic N) is 6. The molecule has 0 unspecified atom stereocenters. The highest BCUT2D eigenvalue weighted by atomic mass is 16.4. The van der Waals surface area contributed by atoms with Crippen LogP contribution in [0.3, 0.4) is 0 Å². The second-order valence-electron chi connectivity index (χ2n) is 8.89. The van der Waals surface area contributed by atoms with E-state index in [0.717, 1.165) is 25.7 Å². The van der Waals surface area contributed by atoms with Crippen molar-refractivity contribution >= 4 is 23.9 Å². The van der Waals surface area contributed by atoms with Gasteiger partial charge in [0.1, 0.15) is 11.4 Å². The van der Waals surface area contributed by atoms with Crippen molar-refractivity contribution in [1.82, 2.24) is 30.0 Å². The number of hydrogen-bond acceptors (Lipinski definition) is 8. The van der Waals surface area contributed by atoms with Gasteiger partial charge in [-0.05, 0) is 37.1 Å². The van der Waals surface area contributed by atoms with Gasteiger partial charge in [0.05, 0.1) is 34.6 Å². The first-order valence-corrected chi connectivity index (χ1v) is 12.2. The van der Waals surface area contributed by atoms with Gasteiger partial charge >= 0.3 is 23.9 Å². The van der Waals surface area contributed by atoms with Gasteiger partial charge in [-0.1, -0.05) is 35.4 Å². The third-order valence-electron chi connectivity index (χ3n) is 6.15. The van der Waals surface area contributed by atoms with Crippen LogP contribution in [0, 0.1) is 0 Å². The molecular weight excluding hydrogens is 524 g/mol. The maximum Gasteiger partial charge on any atom is 0.336 e. The van der Waals surface area contributed by atoms with E-state index in [-0.39, 0.29) is 22.3 Å². The van der Waals surface area contributed by atoms with E-state index in [1.807, 2.05) is 0 Å². The topological polar surface area (TPSA) is 211 Å². The van der Waals surface area contributed by atoms with Crippen molar-refractivity contribution in [3.8, 4) is 22.5 Å². The van der Waals surface area contributed by atoms with E-state index < -0.39 is 23.9 Å². The Morgan fingerprint density at radius 3 is 1.27 bits per heavy atom. The van der Waals surface area contributed by atoms with Gasteiger partial charge in [-0.15, -0.1) is 10.2 Å². The van der Waals surface area contributed by atoms with Crippen LogP contribution in [-0.4, -0.2) is 74.3 Å². The fourth-order valence-corrected chi connectivity index (χ4v) is 4.12. The Balaban J connectivity index is 1.25. The Kier molecular flexibility index (Phi) is 8.27. The summed E-state index contributed by atoms with van der Waals surface area (Å²) in [5.74, 6) is -5.32. The number of hydrogen-bond donors (Lipinski definition) is 4. The Hall–Kier alpha value is -5.40. The Morgan fingerprint density at radius 2 is 0.925 bits per heavy atom. The van der Waals surface area contributed by atoms with Crippen molar-refractivity contribution < 1.29 is 39.6 Å². The Morgan fingerprint density at radius 1 is 0.550 bits per heavy atom. The van der Waals surface area contributed by atoms with Crippen LogP contribution in [0.5, 0.6) is 0 Å². The van der Waals surface area contributed by atoms with Crippen molar-refractivity contribution in [2.24, 2.45) is 0 Å². The molecule has 4 rings (SSSR count). The first-order valence-electron chi connectivity index (χ1n) is 12.2. The predicted molar refractivity (Wildman–Crippen MR) is 137 cm³/mol. The lowest BCUT2D eigenvalue weighted by atomic mass is 10.0. The van der Waals surface area contributed by atoms with Gasteiger partial charge in [-0.2, -0.15) is 0 Å². The molecule has 2 heterocycles. The second kappa shape index (κ2) is 12.0. The fourth-order valence-electron chi connectivity index (χ4n) is 4.12. The van der Waals surface area contributed by atoms with Crippen molar-refractivity contribution in [1.29, 1.82) is 0 Å². The first kappa shape index (κ1) is 27.6. The molecule has 0 saturated carbocycles. The molecule has 0 bridgehead atoms. The van der Waals surface area contributed by atoms with Crippen molar-refractivity contribution in [3.05, 3.63) is 71.0 Å². The normalized spacial score (nSPS) is 10.9. The number of aromatic nitrogens is 6. The molecule has 206 valence electrons. The second-order valence-corrected chi connectivity index (χ2v) is 8.89. The zero-order chi connectivity index (χ0) is 28.8. The monoisotopic (exact) mass is 548 g/mol. The minimum Gasteiger partial charge on any atom is -0.478 e. The molecule has 0 amide bonds. The lowest BCUT2D eigenvalue weighted by molar-refractivity contribution is 0.0651. The van der Waals surface area contributed by atoms with Gasteiger partial charge in [0, 0.05) is 24.2 Å². The predicted octanol–water partition coefficient (Wildman–Crippen LogP) is 3.26. The minimum atomic E-state index is -1.34. The molecule has 4 aromatic rings. The molecular formula is C26H24N6O8. The van der Waals surface area contributed by atoms with E-state index in [1.54, 1.807) is 21.8 Å². The van der Waals surface area contributed by atoms with Crippen LogP contribution in [0.2, 0.25) is 0 Å². The van der Waals surface area contributed by atoms with Crippen molar-refractivity contribution in [3.63, 3.8) is 0 Å². The highest BCUT2D eigenvalue weighted by Gasteiger charge is 2.19. The summed E-state index contributed by atoms with van der Waals surface area (Å²) in [7, 11) is 0. The summed E-state index contributed by atoms with van der Waals surface area (Å²) in [6.45, 7) is 1.19. The van der Waals surface area contributed by atoms with Crippen LogP contribution in [-0.2, 0) is 13.1 Å². The molecule has 0 spiro atoms. The maximum absolute atomic E-state index is 11.4. The number of aryl methyl sites for hydroxylation is 2. The van der Waals surface area contributed by atoms with Crippen LogP contribution >= 0.6 is 0 Å². The highest BCUT2D eigenvalue weighted by Crippen LogP contribution is 2.22. The van der Waals surface area contributed by atoms with E-state index in [4.69, 9.17) is 10.2 Å². The largest absolute Gasteiger partial charge is 0.478 e. The molecule has 4 N–H and O–H groups in total. The number of carboxylic acids is 4. The summed E-state index contributed by atoms with van der Waals surface area (Å²) in [5.41, 5.74) is 0.556. The number of carboxylic acid groups (broad SMARTS) is 4. The van der Waals surface area contributed by atoms with E-state index in [2.05, 4.69) is 20.6 Å². The molecule has 14 heteroatoms. The molecule has 14 nitrogen and oxygen atoms in total. The molecule has 0 atom stereocenters. The van der Waals surface area contributed by atoms with Gasteiger partial charge in [0.15, 0.2) is 0 Å². The van der Waals surface area contributed by atoms with Crippen LogP contribution in [0.1, 0.15) is 67.1 Å². The molecule has 40 heavy (non-hydrogen) atoms. The zero-order valence-corrected chi connectivity index (χ0v) is 21.0. The number of carbonyl (C=O) groups is 4. The molecule has 0 saturated heterocycles. The van der Waals surface area contributed by atoms with Crippen LogP contribution < -0.4 is 0 Å². The third kappa shape index (κ3) is 6.35. The SMILES string of the molecule is O=C(O)c1ccc(-c2cn(CCCCCCn3cc(-c4ccc(C(=O)O)c(C(=O)O)c4)nn3)nn2)cc1C(=O)O. The van der Waals surface area contributed by atoms with E-state index in [0.29, 0.717) is 35.6 Å². The van der Waals surface area contributed by atoms with Crippen LogP contribution in [0.4, 0.5) is 0 Å². The molecule has 0 aliphatic rings. The molecule has 2 aromatic heterocycles. The summed E-state index contributed by atoms with van der Waals surface area (Å²) in [6.07, 6.45) is 6.78. The number of benzene rings is 2. The third-order valence-corrected chi connectivity index (χ3v) is 6.15. The number of unbranched alkanes of at least 4 members (excludes halogenated alkanes) is 3. The summed E-state index contributed by atoms with van der Waals surface area (Å²) in [5, 5.41) is 53.2. The van der Waals surface area contributed by atoms with Gasteiger partial charge in [-0.25, -0.2) is 19.2 Å². The van der Waals surface area contributed by atoms with Gasteiger partial charge in [0.2, 0.25) is 0 Å². The molecule has 2 aromatic carbocycles. The summed E-state index contributed by atoms with van der Waals surface area (Å²) >= 11 is 0. The minimum absolute atomic E-state index is 0.299. The zero-order valence-electron chi connectivity index (χ0n) is 21.0. The quantitative estimate of drug-likeness (QED) is 0.177. The van der Waals surface area contributed by atoms with Crippen LogP contribution in [0.15, 0.2) is 48.8 Å². The lowest BCUT2D eigenvalue weighted by Gasteiger charge is -2.04.